The summed E-state index contributed by atoms with van der Waals surface area (Å²) in [6, 6.07) is 7.15. The van der Waals surface area contributed by atoms with Crippen LogP contribution in [-0.2, 0) is 23.7 Å². The minimum atomic E-state index is -2.17. The monoisotopic (exact) mass is 726 g/mol. The Morgan fingerprint density at radius 2 is 1.55 bits per heavy atom. The van der Waals surface area contributed by atoms with Crippen molar-refractivity contribution >= 4 is 11.0 Å². The second-order valence-electron chi connectivity index (χ2n) is 12.6. The van der Waals surface area contributed by atoms with E-state index in [2.05, 4.69) is 0 Å². The molecule has 3 saturated heterocycles. The van der Waals surface area contributed by atoms with E-state index in [4.69, 9.17) is 32.8 Å². The first-order chi connectivity index (χ1) is 24.1. The van der Waals surface area contributed by atoms with Crippen LogP contribution >= 0.6 is 0 Å². The third kappa shape index (κ3) is 6.97. The summed E-state index contributed by atoms with van der Waals surface area (Å²) >= 11 is 0. The zero-order chi connectivity index (χ0) is 36.9. The van der Waals surface area contributed by atoms with Crippen molar-refractivity contribution in [3.63, 3.8) is 0 Å². The average molecular weight is 727 g/mol. The fourth-order valence-corrected chi connectivity index (χ4v) is 5.98. The summed E-state index contributed by atoms with van der Waals surface area (Å²) in [6.07, 6.45) is -20.2. The lowest BCUT2D eigenvalue weighted by molar-refractivity contribution is -0.335. The number of hydrogen-bond acceptors (Lipinski definition) is 19. The van der Waals surface area contributed by atoms with E-state index in [1.54, 1.807) is 0 Å². The predicted octanol–water partition coefficient (Wildman–Crippen LogP) is -2.93. The maximum atomic E-state index is 14.0. The summed E-state index contributed by atoms with van der Waals surface area (Å²) in [4.78, 5) is 14.0. The Morgan fingerprint density at radius 1 is 0.843 bits per heavy atom. The summed E-state index contributed by atoms with van der Waals surface area (Å²) in [5, 5.41) is 114. The molecule has 0 saturated carbocycles. The lowest BCUT2D eigenvalue weighted by Crippen LogP contribution is -2.63. The molecule has 0 spiro atoms. The molecule has 6 rings (SSSR count). The molecule has 19 heteroatoms. The summed E-state index contributed by atoms with van der Waals surface area (Å²) in [5.74, 6) is -2.27. The van der Waals surface area contributed by atoms with Gasteiger partial charge in [0.15, 0.2) is 24.4 Å². The van der Waals surface area contributed by atoms with Crippen LogP contribution in [0.15, 0.2) is 45.6 Å². The van der Waals surface area contributed by atoms with E-state index in [0.29, 0.717) is 0 Å². The molecule has 4 heterocycles. The molecule has 0 radical (unpaired) electrons. The molecular formula is C32H38O19. The van der Waals surface area contributed by atoms with Gasteiger partial charge >= 0.3 is 0 Å². The van der Waals surface area contributed by atoms with Crippen LogP contribution < -0.4 is 10.2 Å². The summed E-state index contributed by atoms with van der Waals surface area (Å²) in [5.41, 5.74) is -3.31. The van der Waals surface area contributed by atoms with Gasteiger partial charge in [0.2, 0.25) is 17.5 Å². The Balaban J connectivity index is 1.38. The summed E-state index contributed by atoms with van der Waals surface area (Å²) < 4.78 is 39.9. The third-order valence-corrected chi connectivity index (χ3v) is 9.03. The highest BCUT2D eigenvalue weighted by atomic mass is 16.8. The van der Waals surface area contributed by atoms with Crippen LogP contribution in [0.4, 0.5) is 0 Å². The number of aliphatic hydroxyl groups excluding tert-OH is 7. The largest absolute Gasteiger partial charge is 0.508 e. The molecule has 19 nitrogen and oxygen atoms in total. The first kappa shape index (κ1) is 37.1. The summed E-state index contributed by atoms with van der Waals surface area (Å²) in [7, 11) is 0. The lowest BCUT2D eigenvalue weighted by Gasteiger charge is -2.44. The van der Waals surface area contributed by atoms with Gasteiger partial charge in [-0.2, -0.15) is 0 Å². The highest BCUT2D eigenvalue weighted by Crippen LogP contribution is 2.39. The molecule has 0 aliphatic carbocycles. The molecule has 11 N–H and O–H groups in total. The lowest BCUT2D eigenvalue weighted by atomic mass is 9.97. The zero-order valence-corrected chi connectivity index (χ0v) is 26.7. The van der Waals surface area contributed by atoms with Gasteiger partial charge in [-0.1, -0.05) is 0 Å². The number of benzene rings is 2. The molecule has 3 aromatic rings. The van der Waals surface area contributed by atoms with Gasteiger partial charge in [-0.15, -0.1) is 0 Å². The molecule has 0 amide bonds. The molecule has 51 heavy (non-hydrogen) atoms. The van der Waals surface area contributed by atoms with Crippen LogP contribution in [-0.4, -0.2) is 155 Å². The fourth-order valence-electron chi connectivity index (χ4n) is 5.98. The van der Waals surface area contributed by atoms with Crippen molar-refractivity contribution in [2.45, 2.75) is 86.3 Å². The average Bonchev–Trinajstić information content (AvgIpc) is 3.38. The Labute approximate surface area is 287 Å². The Hall–Kier alpha value is -3.67. The van der Waals surface area contributed by atoms with Gasteiger partial charge in [0.05, 0.1) is 25.9 Å². The first-order valence-corrected chi connectivity index (χ1v) is 15.7. The van der Waals surface area contributed by atoms with Crippen LogP contribution in [0.25, 0.3) is 22.3 Å². The summed E-state index contributed by atoms with van der Waals surface area (Å²) in [6.45, 7) is -0.787. The van der Waals surface area contributed by atoms with E-state index in [1.807, 2.05) is 0 Å². The molecular weight excluding hydrogens is 688 g/mol. The smallest absolute Gasteiger partial charge is 0.239 e. The normalized spacial score (nSPS) is 37.1. The van der Waals surface area contributed by atoms with Gasteiger partial charge in [-0.05, 0) is 31.2 Å². The quantitative estimate of drug-likeness (QED) is 0.105. The number of aliphatic hydroxyl groups is 8. The standard InChI is InChI=1S/C32H38O19/c1-11-19(37)22(40)24(42)29(47-11)45-8-17-20(38)23(41)27(51-31-28(43)32(44,9-33)10-46-31)30(49-17)50-26-21(39)18-15(36)6-14(35)7-16(18)48-25(26)12-2-4-13(34)5-3-12/h2-7,11,17,19-20,22-24,27-31,33-38,40-44H,8-10H2,1H3/t11-,17+,19-,20+,22+,23-,24+,27+,28-,29+,30-,31-,32+/m0/s1. The topological polar surface area (TPSA) is 308 Å². The minimum Gasteiger partial charge on any atom is -0.508 e. The van der Waals surface area contributed by atoms with E-state index in [0.717, 1.165) is 12.1 Å². The highest BCUT2D eigenvalue weighted by molar-refractivity contribution is 5.88. The second-order valence-corrected chi connectivity index (χ2v) is 12.6. The number of aromatic hydroxyl groups is 3. The van der Waals surface area contributed by atoms with Gasteiger partial charge in [-0.25, -0.2) is 0 Å². The van der Waals surface area contributed by atoms with Crippen molar-refractivity contribution < 1.29 is 89.0 Å². The highest BCUT2D eigenvalue weighted by Gasteiger charge is 2.54. The van der Waals surface area contributed by atoms with Gasteiger partial charge in [0.1, 0.15) is 76.5 Å². The second kappa shape index (κ2) is 14.4. The van der Waals surface area contributed by atoms with Crippen LogP contribution in [0.5, 0.6) is 23.0 Å². The predicted molar refractivity (Wildman–Crippen MR) is 165 cm³/mol. The molecule has 2 aromatic carbocycles. The third-order valence-electron chi connectivity index (χ3n) is 9.03. The van der Waals surface area contributed by atoms with E-state index in [1.165, 1.54) is 31.2 Å². The number of phenolic OH excluding ortho intramolecular Hbond substituents is 3. The van der Waals surface area contributed by atoms with Crippen molar-refractivity contribution in [1.82, 2.24) is 0 Å². The first-order valence-electron chi connectivity index (χ1n) is 15.7. The van der Waals surface area contributed by atoms with E-state index >= 15 is 0 Å². The van der Waals surface area contributed by atoms with Gasteiger partial charge in [-0.3, -0.25) is 4.79 Å². The van der Waals surface area contributed by atoms with Crippen LogP contribution in [0.3, 0.4) is 0 Å². The van der Waals surface area contributed by atoms with Gasteiger partial charge in [0.25, 0.3) is 0 Å². The molecule has 3 aliphatic heterocycles. The Bertz CT molecular complexity index is 1750. The van der Waals surface area contributed by atoms with Crippen LogP contribution in [0.1, 0.15) is 6.92 Å². The number of phenols is 3. The number of ether oxygens (including phenoxy) is 6. The van der Waals surface area contributed by atoms with Crippen molar-refractivity contribution in [2.75, 3.05) is 19.8 Å². The molecule has 280 valence electrons. The zero-order valence-electron chi connectivity index (χ0n) is 26.7. The number of rotatable bonds is 9. The van der Waals surface area contributed by atoms with Crippen LogP contribution in [0.2, 0.25) is 0 Å². The molecule has 13 atom stereocenters. The van der Waals surface area contributed by atoms with Crippen LogP contribution in [0, 0.1) is 0 Å². The minimum absolute atomic E-state index is 0.138. The van der Waals surface area contributed by atoms with E-state index in [-0.39, 0.29) is 22.7 Å². The molecule has 0 unspecified atom stereocenters. The van der Waals surface area contributed by atoms with Crippen molar-refractivity contribution in [1.29, 1.82) is 0 Å². The molecule has 3 fully saturated rings. The SMILES string of the molecule is C[C@@H]1O[C@@H](OC[C@H]2O[C@@H](Oc3c(-c4ccc(O)cc4)oc4cc(O)cc(O)c4c3=O)[C@H](O[C@@H]3OC[C@](O)(CO)[C@H]3O)[C@@H](O)[C@@H]2O)[C@H](O)[C@H](O)[C@H]1O. The van der Waals surface area contributed by atoms with E-state index in [9.17, 15) is 61.0 Å². The molecule has 3 aliphatic rings. The van der Waals surface area contributed by atoms with Crippen molar-refractivity contribution in [2.24, 2.45) is 0 Å². The number of hydrogen-bond donors (Lipinski definition) is 11. The maximum absolute atomic E-state index is 14.0. The Morgan fingerprint density at radius 3 is 2.22 bits per heavy atom. The van der Waals surface area contributed by atoms with Gasteiger partial charge in [0, 0.05) is 17.7 Å². The molecule has 0 bridgehead atoms. The molecule has 1 aromatic heterocycles. The van der Waals surface area contributed by atoms with E-state index < -0.39 is 127 Å². The van der Waals surface area contributed by atoms with Crippen molar-refractivity contribution in [3.8, 4) is 34.3 Å². The fraction of sp³-hybridized carbons (Fsp3) is 0.531. The number of fused-ring (bicyclic) bond motifs is 1. The van der Waals surface area contributed by atoms with Crippen molar-refractivity contribution in [3.05, 3.63) is 46.6 Å². The van der Waals surface area contributed by atoms with Gasteiger partial charge < -0.3 is 89.0 Å². The maximum Gasteiger partial charge on any atom is 0.239 e. The Kier molecular flexibility index (Phi) is 10.5.